The summed E-state index contributed by atoms with van der Waals surface area (Å²) in [4.78, 5) is 10.8. The van der Waals surface area contributed by atoms with Gasteiger partial charge in [0.05, 0.1) is 31.5 Å². The van der Waals surface area contributed by atoms with E-state index >= 15 is 0 Å². The first-order chi connectivity index (χ1) is 15.0. The lowest BCUT2D eigenvalue weighted by molar-refractivity contribution is -0.317. The van der Waals surface area contributed by atoms with Gasteiger partial charge in [0.1, 0.15) is 23.7 Å². The highest BCUT2D eigenvalue weighted by Gasteiger charge is 2.43. The van der Waals surface area contributed by atoms with Gasteiger partial charge in [0.2, 0.25) is 0 Å². The number of rotatable bonds is 4. The van der Waals surface area contributed by atoms with E-state index in [4.69, 9.17) is 19.3 Å². The standard InChI is InChI=1S/C12H22O8.C9H10O3.CH4.H2O/c1-5-4-18-12(10(16)8(5)14)20-7-2-6(3-13)19-11(17)9(7)15;1-5-8(11)3-7(6(2)10)4-9(5)12;;/h5-17H,2-4H2,1H3;3-4,11-12H,1-2H3;1H4;1H2. The van der Waals surface area contributed by atoms with Crippen LogP contribution in [0.15, 0.2) is 12.1 Å². The van der Waals surface area contributed by atoms with Crippen LogP contribution in [0.25, 0.3) is 0 Å². The molecule has 0 spiro atoms. The van der Waals surface area contributed by atoms with E-state index in [1.54, 1.807) is 13.8 Å². The quantitative estimate of drug-likeness (QED) is 0.251. The average Bonchev–Trinajstić information content (AvgIpc) is 2.75. The number of carbonyl (C=O) groups is 1. The van der Waals surface area contributed by atoms with Crippen LogP contribution in [0.3, 0.4) is 0 Å². The maximum absolute atomic E-state index is 10.8. The van der Waals surface area contributed by atoms with Gasteiger partial charge < -0.3 is 55.4 Å². The monoisotopic (exact) mass is 494 g/mol. The lowest BCUT2D eigenvalue weighted by Crippen LogP contribution is -2.56. The van der Waals surface area contributed by atoms with Crippen LogP contribution in [-0.4, -0.2) is 103 Å². The van der Waals surface area contributed by atoms with E-state index in [9.17, 15) is 35.4 Å². The van der Waals surface area contributed by atoms with E-state index in [0.717, 1.165) is 0 Å². The van der Waals surface area contributed by atoms with Gasteiger partial charge in [-0.2, -0.15) is 0 Å². The molecule has 2 fully saturated rings. The number of aromatic hydroxyl groups is 2. The SMILES string of the molecule is C.CC(=O)c1cc(O)c(C)c(O)c1.CC1COC(OC2CC(CO)OC(O)C2O)C(O)C1O.O. The number of ether oxygens (including phenoxy) is 3. The summed E-state index contributed by atoms with van der Waals surface area (Å²) >= 11 is 0. The minimum Gasteiger partial charge on any atom is -0.508 e. The zero-order valence-electron chi connectivity index (χ0n) is 18.7. The number of hydrogen-bond donors (Lipinski definition) is 7. The maximum atomic E-state index is 10.8. The smallest absolute Gasteiger partial charge is 0.186 e. The third kappa shape index (κ3) is 7.83. The summed E-state index contributed by atoms with van der Waals surface area (Å²) in [6.45, 7) is 4.59. The van der Waals surface area contributed by atoms with E-state index in [1.807, 2.05) is 0 Å². The van der Waals surface area contributed by atoms with Crippen LogP contribution >= 0.6 is 0 Å². The fourth-order valence-electron chi connectivity index (χ4n) is 3.29. The van der Waals surface area contributed by atoms with Gasteiger partial charge in [-0.05, 0) is 26.0 Å². The number of ketones is 1. The molecular weight excluding hydrogens is 456 g/mol. The fourth-order valence-corrected chi connectivity index (χ4v) is 3.29. The molecular formula is C22H38O12. The molecule has 2 aliphatic heterocycles. The summed E-state index contributed by atoms with van der Waals surface area (Å²) in [7, 11) is 0. The van der Waals surface area contributed by atoms with E-state index in [-0.39, 0.29) is 55.7 Å². The Kier molecular flexibility index (Phi) is 13.1. The molecule has 1 aromatic carbocycles. The van der Waals surface area contributed by atoms with Crippen LogP contribution in [-0.2, 0) is 14.2 Å². The number of aliphatic hydroxyl groups is 5. The number of phenols is 2. The zero-order valence-corrected chi connectivity index (χ0v) is 18.7. The molecule has 0 saturated carbocycles. The number of benzene rings is 1. The Labute approximate surface area is 198 Å². The number of aliphatic hydroxyl groups excluding tert-OH is 5. The second-order valence-corrected chi connectivity index (χ2v) is 8.09. The molecule has 0 aliphatic carbocycles. The molecule has 2 aliphatic rings. The summed E-state index contributed by atoms with van der Waals surface area (Å²) in [5, 5.41) is 66.5. The Bertz CT molecular complexity index is 749. The number of hydrogen-bond acceptors (Lipinski definition) is 11. The highest BCUT2D eigenvalue weighted by atomic mass is 16.7. The van der Waals surface area contributed by atoms with Gasteiger partial charge in [-0.25, -0.2) is 0 Å². The van der Waals surface area contributed by atoms with E-state index in [2.05, 4.69) is 0 Å². The maximum Gasteiger partial charge on any atom is 0.186 e. The molecule has 0 amide bonds. The Morgan fingerprint density at radius 3 is 2.15 bits per heavy atom. The molecule has 1 aromatic rings. The van der Waals surface area contributed by atoms with Crippen LogP contribution < -0.4 is 0 Å². The Morgan fingerprint density at radius 1 is 1.09 bits per heavy atom. The van der Waals surface area contributed by atoms with E-state index < -0.39 is 43.1 Å². The molecule has 12 heteroatoms. The molecule has 2 heterocycles. The highest BCUT2D eigenvalue weighted by Crippen LogP contribution is 2.28. The van der Waals surface area contributed by atoms with Gasteiger partial charge in [0, 0.05) is 23.5 Å². The minimum atomic E-state index is -1.48. The molecule has 9 N–H and O–H groups in total. The van der Waals surface area contributed by atoms with E-state index in [0.29, 0.717) is 11.1 Å². The predicted molar refractivity (Wildman–Crippen MR) is 119 cm³/mol. The summed E-state index contributed by atoms with van der Waals surface area (Å²) in [6.07, 6.45) is -7.49. The van der Waals surface area contributed by atoms with Crippen LogP contribution in [0.4, 0.5) is 0 Å². The third-order valence-electron chi connectivity index (χ3n) is 5.51. The number of Topliss-reactive ketones (excluding diaryl/α,β-unsaturated/α-hetero) is 1. The van der Waals surface area contributed by atoms with Crippen molar-refractivity contribution in [3.8, 4) is 11.5 Å². The number of phenolic OH excluding ortho intramolecular Hbond substituents is 2. The average molecular weight is 495 g/mol. The number of carbonyl (C=O) groups excluding carboxylic acids is 1. The van der Waals surface area contributed by atoms with Gasteiger partial charge in [-0.1, -0.05) is 14.4 Å². The summed E-state index contributed by atoms with van der Waals surface area (Å²) in [6, 6.07) is 2.69. The van der Waals surface area contributed by atoms with Crippen molar-refractivity contribution in [2.75, 3.05) is 13.2 Å². The van der Waals surface area contributed by atoms with Crippen molar-refractivity contribution in [2.24, 2.45) is 5.92 Å². The normalized spacial score (nSPS) is 32.9. The molecule has 12 nitrogen and oxygen atoms in total. The van der Waals surface area contributed by atoms with Gasteiger partial charge >= 0.3 is 0 Å². The first-order valence-electron chi connectivity index (χ1n) is 10.2. The first kappa shape index (κ1) is 32.1. The van der Waals surface area contributed by atoms with Crippen molar-refractivity contribution < 1.29 is 60.2 Å². The predicted octanol–water partition coefficient (Wildman–Crippen LogP) is -1.03. The molecule has 0 radical (unpaired) electrons. The molecule has 34 heavy (non-hydrogen) atoms. The third-order valence-corrected chi connectivity index (χ3v) is 5.51. The summed E-state index contributed by atoms with van der Waals surface area (Å²) < 4.78 is 15.7. The topological polar surface area (TPSA) is 218 Å². The van der Waals surface area contributed by atoms with Gasteiger partial charge in [0.15, 0.2) is 18.4 Å². The lowest BCUT2D eigenvalue weighted by Gasteiger charge is -2.41. The van der Waals surface area contributed by atoms with E-state index in [1.165, 1.54) is 19.1 Å². The Balaban J connectivity index is 0.000000675. The molecule has 0 bridgehead atoms. The second-order valence-electron chi connectivity index (χ2n) is 8.09. The summed E-state index contributed by atoms with van der Waals surface area (Å²) in [5.41, 5.74) is 0.704. The minimum absolute atomic E-state index is 0. The second kappa shape index (κ2) is 13.9. The van der Waals surface area contributed by atoms with Crippen LogP contribution in [0, 0.1) is 12.8 Å². The zero-order chi connectivity index (χ0) is 24.2. The van der Waals surface area contributed by atoms with Crippen LogP contribution in [0.2, 0.25) is 0 Å². The molecule has 8 unspecified atom stereocenters. The largest absolute Gasteiger partial charge is 0.508 e. The summed E-state index contributed by atoms with van der Waals surface area (Å²) in [5.74, 6) is -0.513. The van der Waals surface area contributed by atoms with Crippen molar-refractivity contribution in [3.05, 3.63) is 23.3 Å². The van der Waals surface area contributed by atoms with Crippen molar-refractivity contribution in [2.45, 2.75) is 77.7 Å². The molecule has 8 atom stereocenters. The van der Waals surface area contributed by atoms with Crippen LogP contribution in [0.5, 0.6) is 11.5 Å². The molecule has 0 aromatic heterocycles. The van der Waals surface area contributed by atoms with Crippen molar-refractivity contribution in [3.63, 3.8) is 0 Å². The fraction of sp³-hybridized carbons (Fsp3) is 0.682. The molecule has 198 valence electrons. The van der Waals surface area contributed by atoms with Crippen LogP contribution in [0.1, 0.15) is 43.6 Å². The Hall–Kier alpha value is -1.87. The van der Waals surface area contributed by atoms with Gasteiger partial charge in [0.25, 0.3) is 0 Å². The highest BCUT2D eigenvalue weighted by molar-refractivity contribution is 5.95. The van der Waals surface area contributed by atoms with Gasteiger partial charge in [-0.15, -0.1) is 0 Å². The van der Waals surface area contributed by atoms with Crippen molar-refractivity contribution in [1.29, 1.82) is 0 Å². The molecule has 3 rings (SSSR count). The van der Waals surface area contributed by atoms with Gasteiger partial charge in [-0.3, -0.25) is 4.79 Å². The lowest BCUT2D eigenvalue weighted by atomic mass is 9.97. The molecule has 2 saturated heterocycles. The van der Waals surface area contributed by atoms with Crippen molar-refractivity contribution >= 4 is 5.78 Å². The van der Waals surface area contributed by atoms with Crippen molar-refractivity contribution in [1.82, 2.24) is 0 Å². The Morgan fingerprint density at radius 2 is 1.65 bits per heavy atom. The first-order valence-corrected chi connectivity index (χ1v) is 10.2.